The second kappa shape index (κ2) is 6.18. The maximum absolute atomic E-state index is 12.8. The van der Waals surface area contributed by atoms with Crippen LogP contribution in [0.3, 0.4) is 0 Å². The van der Waals surface area contributed by atoms with Gasteiger partial charge in [0.15, 0.2) is 5.65 Å². The van der Waals surface area contributed by atoms with E-state index in [0.29, 0.717) is 36.4 Å². The van der Waals surface area contributed by atoms with Crippen LogP contribution in [0.15, 0.2) is 41.2 Å². The van der Waals surface area contributed by atoms with E-state index in [-0.39, 0.29) is 18.1 Å². The van der Waals surface area contributed by atoms with Crippen LogP contribution in [0.4, 0.5) is 0 Å². The summed E-state index contributed by atoms with van der Waals surface area (Å²) in [5.74, 6) is -0.0887. The lowest BCUT2D eigenvalue weighted by atomic mass is 10.1. The van der Waals surface area contributed by atoms with Crippen molar-refractivity contribution in [3.8, 4) is 11.3 Å². The molecule has 1 aromatic carbocycles. The molecule has 2 aromatic heterocycles. The Kier molecular flexibility index (Phi) is 3.85. The molecule has 0 radical (unpaired) electrons. The Morgan fingerprint density at radius 1 is 1.32 bits per heavy atom. The average Bonchev–Trinajstić information content (AvgIpc) is 3.07. The first-order chi connectivity index (χ1) is 12.2. The number of methoxy groups -OCH3 is 1. The highest BCUT2D eigenvalue weighted by molar-refractivity contribution is 5.77. The summed E-state index contributed by atoms with van der Waals surface area (Å²) in [6.07, 6.45) is 0.499. The van der Waals surface area contributed by atoms with Crippen LogP contribution in [0.1, 0.15) is 11.3 Å². The summed E-state index contributed by atoms with van der Waals surface area (Å²) >= 11 is 0. The molecular weight excluding hydrogens is 320 g/mol. The van der Waals surface area contributed by atoms with Gasteiger partial charge in [0.05, 0.1) is 17.9 Å². The monoisotopic (exact) mass is 338 g/mol. The number of aromatic nitrogens is 3. The Balaban J connectivity index is 1.75. The summed E-state index contributed by atoms with van der Waals surface area (Å²) in [5, 5.41) is 3.13. The molecule has 0 fully saturated rings. The van der Waals surface area contributed by atoms with Crippen molar-refractivity contribution in [3.05, 3.63) is 58.0 Å². The molecule has 3 heterocycles. The molecule has 0 saturated heterocycles. The molecule has 0 bridgehead atoms. The number of aromatic amines is 1. The molecule has 3 aromatic rings. The van der Waals surface area contributed by atoms with Crippen molar-refractivity contribution in [3.63, 3.8) is 0 Å². The highest BCUT2D eigenvalue weighted by atomic mass is 16.5. The van der Waals surface area contributed by atoms with Crippen molar-refractivity contribution < 1.29 is 9.53 Å². The minimum atomic E-state index is -0.0963. The summed E-state index contributed by atoms with van der Waals surface area (Å²) in [4.78, 5) is 31.1. The molecule has 1 N–H and O–H groups in total. The van der Waals surface area contributed by atoms with Gasteiger partial charge in [-0.2, -0.15) is 0 Å². The maximum Gasteiger partial charge on any atom is 0.276 e. The topological polar surface area (TPSA) is 79.7 Å². The predicted molar refractivity (Wildman–Crippen MR) is 92.2 cm³/mol. The second-order valence-electron chi connectivity index (χ2n) is 6.07. The number of nitrogens with one attached hydrogen (secondary N) is 1. The molecule has 4 rings (SSSR count). The standard InChI is InChI=1S/C18H18N4O3/c1-25-11-17(23)21-8-7-13-15(10-21)19-16-9-14(20-22(16)18(13)24)12-5-3-2-4-6-12/h2-6,9,20H,7-8,10-11H2,1H3. The molecule has 7 heteroatoms. The molecular formula is C18H18N4O3. The van der Waals surface area contributed by atoms with E-state index < -0.39 is 0 Å². The van der Waals surface area contributed by atoms with Crippen molar-refractivity contribution in [2.24, 2.45) is 0 Å². The summed E-state index contributed by atoms with van der Waals surface area (Å²) in [6, 6.07) is 11.6. The summed E-state index contributed by atoms with van der Waals surface area (Å²) in [5.41, 5.74) is 3.62. The van der Waals surface area contributed by atoms with E-state index >= 15 is 0 Å². The van der Waals surface area contributed by atoms with Gasteiger partial charge in [-0.1, -0.05) is 30.3 Å². The molecule has 0 aliphatic carbocycles. The van der Waals surface area contributed by atoms with E-state index in [2.05, 4.69) is 10.1 Å². The van der Waals surface area contributed by atoms with E-state index in [9.17, 15) is 9.59 Å². The van der Waals surface area contributed by atoms with Gasteiger partial charge in [-0.05, 0) is 12.0 Å². The van der Waals surface area contributed by atoms with Crippen LogP contribution in [0, 0.1) is 0 Å². The normalized spacial score (nSPS) is 13.9. The number of H-pyrrole nitrogens is 1. The van der Waals surface area contributed by atoms with Crippen LogP contribution in [0.5, 0.6) is 0 Å². The Morgan fingerprint density at radius 2 is 2.12 bits per heavy atom. The molecule has 25 heavy (non-hydrogen) atoms. The number of ether oxygens (including phenoxy) is 1. The zero-order valence-corrected chi connectivity index (χ0v) is 13.9. The van der Waals surface area contributed by atoms with Crippen LogP contribution in [0.25, 0.3) is 16.9 Å². The molecule has 0 saturated carbocycles. The van der Waals surface area contributed by atoms with E-state index in [1.807, 2.05) is 36.4 Å². The number of benzene rings is 1. The number of rotatable bonds is 3. The van der Waals surface area contributed by atoms with Gasteiger partial charge in [-0.3, -0.25) is 14.7 Å². The third-order valence-electron chi connectivity index (χ3n) is 4.47. The number of carbonyl (C=O) groups is 1. The van der Waals surface area contributed by atoms with Crippen molar-refractivity contribution in [1.82, 2.24) is 19.5 Å². The fraction of sp³-hybridized carbons (Fsp3) is 0.278. The second-order valence-corrected chi connectivity index (χ2v) is 6.07. The average molecular weight is 338 g/mol. The van der Waals surface area contributed by atoms with Crippen molar-refractivity contribution >= 4 is 11.6 Å². The number of carbonyl (C=O) groups excluding carboxylic acids is 1. The first-order valence-corrected chi connectivity index (χ1v) is 8.13. The van der Waals surface area contributed by atoms with Crippen LogP contribution in [0.2, 0.25) is 0 Å². The minimum Gasteiger partial charge on any atom is -0.375 e. The van der Waals surface area contributed by atoms with Gasteiger partial charge in [0, 0.05) is 25.3 Å². The van der Waals surface area contributed by atoms with Gasteiger partial charge in [0.25, 0.3) is 5.56 Å². The zero-order valence-electron chi connectivity index (χ0n) is 13.9. The predicted octanol–water partition coefficient (Wildman–Crippen LogP) is 1.22. The highest BCUT2D eigenvalue weighted by Gasteiger charge is 2.25. The van der Waals surface area contributed by atoms with E-state index in [1.54, 1.807) is 4.90 Å². The summed E-state index contributed by atoms with van der Waals surface area (Å²) in [6.45, 7) is 0.887. The zero-order chi connectivity index (χ0) is 17.4. The van der Waals surface area contributed by atoms with Crippen LogP contribution in [-0.2, 0) is 22.5 Å². The van der Waals surface area contributed by atoms with Crippen molar-refractivity contribution in [1.29, 1.82) is 0 Å². The third-order valence-corrected chi connectivity index (χ3v) is 4.47. The Morgan fingerprint density at radius 3 is 2.88 bits per heavy atom. The van der Waals surface area contributed by atoms with Crippen LogP contribution in [-0.4, -0.2) is 45.7 Å². The minimum absolute atomic E-state index is 0.0405. The Bertz CT molecular complexity index is 991. The van der Waals surface area contributed by atoms with Crippen molar-refractivity contribution in [2.75, 3.05) is 20.3 Å². The van der Waals surface area contributed by atoms with Crippen LogP contribution < -0.4 is 5.56 Å². The lowest BCUT2D eigenvalue weighted by Crippen LogP contribution is -2.41. The quantitative estimate of drug-likeness (QED) is 0.779. The number of hydrogen-bond acceptors (Lipinski definition) is 4. The molecule has 1 aliphatic heterocycles. The fourth-order valence-electron chi connectivity index (χ4n) is 3.19. The number of nitrogens with zero attached hydrogens (tertiary/aromatic N) is 3. The number of amides is 1. The largest absolute Gasteiger partial charge is 0.375 e. The number of hydrogen-bond donors (Lipinski definition) is 1. The SMILES string of the molecule is COCC(=O)N1CCc2c(nc3cc(-c4ccccc4)[nH]n3c2=O)C1. The van der Waals surface area contributed by atoms with Gasteiger partial charge in [0.2, 0.25) is 5.91 Å². The Labute approximate surface area is 143 Å². The summed E-state index contributed by atoms with van der Waals surface area (Å²) < 4.78 is 6.39. The van der Waals surface area contributed by atoms with Gasteiger partial charge < -0.3 is 9.64 Å². The first-order valence-electron chi connectivity index (χ1n) is 8.13. The molecule has 1 amide bonds. The lowest BCUT2D eigenvalue weighted by Gasteiger charge is -2.27. The van der Waals surface area contributed by atoms with E-state index in [4.69, 9.17) is 4.74 Å². The lowest BCUT2D eigenvalue weighted by molar-refractivity contribution is -0.136. The highest BCUT2D eigenvalue weighted by Crippen LogP contribution is 2.20. The Hall–Kier alpha value is -2.93. The van der Waals surface area contributed by atoms with Gasteiger partial charge in [-0.15, -0.1) is 0 Å². The third kappa shape index (κ3) is 2.72. The first kappa shape index (κ1) is 15.6. The van der Waals surface area contributed by atoms with E-state index in [0.717, 1.165) is 11.3 Å². The molecule has 7 nitrogen and oxygen atoms in total. The molecule has 0 spiro atoms. The van der Waals surface area contributed by atoms with Gasteiger partial charge in [-0.25, -0.2) is 9.50 Å². The smallest absolute Gasteiger partial charge is 0.276 e. The molecule has 0 atom stereocenters. The van der Waals surface area contributed by atoms with Crippen molar-refractivity contribution in [2.45, 2.75) is 13.0 Å². The van der Waals surface area contributed by atoms with Gasteiger partial charge in [0.1, 0.15) is 6.61 Å². The molecule has 0 unspecified atom stereocenters. The molecule has 1 aliphatic rings. The summed E-state index contributed by atoms with van der Waals surface area (Å²) in [7, 11) is 1.49. The van der Waals surface area contributed by atoms with E-state index in [1.165, 1.54) is 11.6 Å². The molecule has 128 valence electrons. The number of fused-ring (bicyclic) bond motifs is 2. The maximum atomic E-state index is 12.8. The van der Waals surface area contributed by atoms with Crippen LogP contribution >= 0.6 is 0 Å². The van der Waals surface area contributed by atoms with Gasteiger partial charge >= 0.3 is 0 Å². The fourth-order valence-corrected chi connectivity index (χ4v) is 3.19.